The molecule has 67 valence electrons. The van der Waals surface area contributed by atoms with E-state index in [1.54, 1.807) is 0 Å². The zero-order chi connectivity index (χ0) is 9.10. The molecule has 0 spiro atoms. The van der Waals surface area contributed by atoms with Crippen molar-refractivity contribution in [2.24, 2.45) is 0 Å². The van der Waals surface area contributed by atoms with E-state index in [4.69, 9.17) is 5.11 Å². The molecule has 13 heavy (non-hydrogen) atoms. The summed E-state index contributed by atoms with van der Waals surface area (Å²) in [6.07, 6.45) is 3.65. The third-order valence-electron chi connectivity index (χ3n) is 2.00. The molecule has 0 aliphatic heterocycles. The van der Waals surface area contributed by atoms with Gasteiger partial charge in [0, 0.05) is 13.2 Å². The minimum Gasteiger partial charge on any atom is -0.396 e. The summed E-state index contributed by atoms with van der Waals surface area (Å²) in [7, 11) is 0. The van der Waals surface area contributed by atoms with Gasteiger partial charge in [0.2, 0.25) is 0 Å². The second-order valence-electron chi connectivity index (χ2n) is 2.93. The highest BCUT2D eigenvalue weighted by Crippen LogP contribution is 2.11. The number of aryl methyl sites for hydroxylation is 1. The molecule has 0 aliphatic rings. The molecule has 0 saturated carbocycles. The lowest BCUT2D eigenvalue weighted by Gasteiger charge is -2.00. The van der Waals surface area contributed by atoms with E-state index in [9.17, 15) is 0 Å². The summed E-state index contributed by atoms with van der Waals surface area (Å²) in [6, 6.07) is 7.91. The topological polar surface area (TPSA) is 38.0 Å². The van der Waals surface area contributed by atoms with E-state index in [1.165, 1.54) is 0 Å². The number of aliphatic hydroxyl groups is 1. The quantitative estimate of drug-likeness (QED) is 0.761. The molecular weight excluding hydrogens is 164 g/mol. The number of para-hydroxylation sites is 2. The van der Waals surface area contributed by atoms with Crippen molar-refractivity contribution >= 4 is 11.0 Å². The van der Waals surface area contributed by atoms with Crippen LogP contribution in [0, 0.1) is 6.33 Å². The molecule has 0 saturated heterocycles. The second kappa shape index (κ2) is 3.58. The number of benzene rings is 1. The van der Waals surface area contributed by atoms with Gasteiger partial charge in [0.1, 0.15) is 0 Å². The first-order valence-corrected chi connectivity index (χ1v) is 4.35. The molecule has 2 aromatic rings. The van der Waals surface area contributed by atoms with Crippen molar-refractivity contribution in [2.75, 3.05) is 6.61 Å². The Kier molecular flexibility index (Phi) is 2.27. The summed E-state index contributed by atoms with van der Waals surface area (Å²) in [5.74, 6) is 0. The summed E-state index contributed by atoms with van der Waals surface area (Å²) >= 11 is 0. The van der Waals surface area contributed by atoms with Crippen LogP contribution in [0.25, 0.3) is 11.0 Å². The van der Waals surface area contributed by atoms with Crippen LogP contribution in [-0.4, -0.2) is 21.3 Å². The number of nitrogens with zero attached hydrogens (tertiary/aromatic N) is 2. The third kappa shape index (κ3) is 1.55. The van der Waals surface area contributed by atoms with Gasteiger partial charge in [-0.3, -0.25) is 0 Å². The van der Waals surface area contributed by atoms with Gasteiger partial charge in [0.15, 0.2) is 6.33 Å². The van der Waals surface area contributed by atoms with E-state index in [1.807, 2.05) is 28.8 Å². The van der Waals surface area contributed by atoms with Crippen molar-refractivity contribution < 1.29 is 5.11 Å². The molecule has 1 aromatic carbocycles. The van der Waals surface area contributed by atoms with Gasteiger partial charge < -0.3 is 9.67 Å². The van der Waals surface area contributed by atoms with Crippen LogP contribution in [0.1, 0.15) is 6.42 Å². The summed E-state index contributed by atoms with van der Waals surface area (Å²) in [5, 5.41) is 8.69. The van der Waals surface area contributed by atoms with Crippen LogP contribution in [0.5, 0.6) is 0 Å². The lowest BCUT2D eigenvalue weighted by atomic mass is 10.3. The van der Waals surface area contributed by atoms with E-state index >= 15 is 0 Å². The standard InChI is InChI=1S/C10H11N2O/c13-7-3-6-12-8-11-9-4-1-2-5-10(9)12/h1-2,4-5,13H,3,6-7H2. The predicted molar refractivity (Wildman–Crippen MR) is 50.3 cm³/mol. The summed E-state index contributed by atoms with van der Waals surface area (Å²) < 4.78 is 1.94. The van der Waals surface area contributed by atoms with E-state index in [2.05, 4.69) is 11.3 Å². The monoisotopic (exact) mass is 175 g/mol. The normalized spacial score (nSPS) is 10.8. The zero-order valence-corrected chi connectivity index (χ0v) is 7.27. The van der Waals surface area contributed by atoms with Gasteiger partial charge in [-0.15, -0.1) is 0 Å². The molecule has 1 radical (unpaired) electrons. The number of hydrogen-bond donors (Lipinski definition) is 1. The van der Waals surface area contributed by atoms with Crippen LogP contribution in [0.2, 0.25) is 0 Å². The van der Waals surface area contributed by atoms with Crippen LogP contribution >= 0.6 is 0 Å². The highest BCUT2D eigenvalue weighted by molar-refractivity contribution is 5.74. The Hall–Kier alpha value is -1.35. The molecule has 0 atom stereocenters. The first-order valence-electron chi connectivity index (χ1n) is 4.35. The fourth-order valence-electron chi connectivity index (χ4n) is 1.35. The van der Waals surface area contributed by atoms with Crippen molar-refractivity contribution in [2.45, 2.75) is 13.0 Å². The number of aliphatic hydroxyl groups excluding tert-OH is 1. The van der Waals surface area contributed by atoms with Gasteiger partial charge in [-0.2, -0.15) is 0 Å². The fraction of sp³-hybridized carbons (Fsp3) is 0.300. The summed E-state index contributed by atoms with van der Waals surface area (Å²) in [5.41, 5.74) is 2.04. The molecular formula is C10H11N2O. The maximum Gasteiger partial charge on any atom is 0.177 e. The predicted octanol–water partition coefficient (Wildman–Crippen LogP) is 1.22. The van der Waals surface area contributed by atoms with E-state index < -0.39 is 0 Å². The largest absolute Gasteiger partial charge is 0.396 e. The number of imidazole rings is 1. The summed E-state index contributed by atoms with van der Waals surface area (Å²) in [4.78, 5) is 4.13. The molecule has 3 heteroatoms. The van der Waals surface area contributed by atoms with Crippen molar-refractivity contribution in [3.63, 3.8) is 0 Å². The Labute approximate surface area is 76.6 Å². The minimum absolute atomic E-state index is 0.209. The van der Waals surface area contributed by atoms with Crippen molar-refractivity contribution in [3.8, 4) is 0 Å². The summed E-state index contributed by atoms with van der Waals surface area (Å²) in [6.45, 7) is 0.983. The van der Waals surface area contributed by atoms with Crippen LogP contribution in [0.4, 0.5) is 0 Å². The number of aromatic nitrogens is 2. The Balaban J connectivity index is 2.35. The molecule has 0 amide bonds. The van der Waals surface area contributed by atoms with E-state index in [0.717, 1.165) is 24.0 Å². The molecule has 0 unspecified atom stereocenters. The van der Waals surface area contributed by atoms with Gasteiger partial charge >= 0.3 is 0 Å². The van der Waals surface area contributed by atoms with Crippen molar-refractivity contribution in [3.05, 3.63) is 30.6 Å². The minimum atomic E-state index is 0.209. The molecule has 0 aliphatic carbocycles. The van der Waals surface area contributed by atoms with Crippen LogP contribution < -0.4 is 0 Å². The van der Waals surface area contributed by atoms with Crippen molar-refractivity contribution in [1.29, 1.82) is 0 Å². The second-order valence-corrected chi connectivity index (χ2v) is 2.93. The first-order chi connectivity index (χ1) is 6.42. The van der Waals surface area contributed by atoms with Gasteiger partial charge in [-0.05, 0) is 18.6 Å². The van der Waals surface area contributed by atoms with E-state index in [0.29, 0.717) is 0 Å². The molecule has 3 nitrogen and oxygen atoms in total. The first kappa shape index (κ1) is 8.26. The third-order valence-corrected chi connectivity index (χ3v) is 2.00. The van der Waals surface area contributed by atoms with Gasteiger partial charge in [0.25, 0.3) is 0 Å². The molecule has 1 heterocycles. The van der Waals surface area contributed by atoms with E-state index in [-0.39, 0.29) is 6.61 Å². The Bertz CT molecular complexity index is 394. The van der Waals surface area contributed by atoms with Crippen LogP contribution in [0.3, 0.4) is 0 Å². The molecule has 0 bridgehead atoms. The molecule has 1 N–H and O–H groups in total. The lowest BCUT2D eigenvalue weighted by Crippen LogP contribution is -1.98. The molecule has 2 rings (SSSR count). The number of rotatable bonds is 3. The van der Waals surface area contributed by atoms with Crippen molar-refractivity contribution in [1.82, 2.24) is 9.55 Å². The average molecular weight is 175 g/mol. The highest BCUT2D eigenvalue weighted by Gasteiger charge is 2.00. The zero-order valence-electron chi connectivity index (χ0n) is 7.27. The Morgan fingerprint density at radius 3 is 3.08 bits per heavy atom. The smallest absolute Gasteiger partial charge is 0.177 e. The number of hydrogen-bond acceptors (Lipinski definition) is 2. The van der Waals surface area contributed by atoms with Gasteiger partial charge in [0.05, 0.1) is 11.0 Å². The highest BCUT2D eigenvalue weighted by atomic mass is 16.3. The van der Waals surface area contributed by atoms with Crippen LogP contribution in [-0.2, 0) is 6.54 Å². The van der Waals surface area contributed by atoms with Gasteiger partial charge in [-0.1, -0.05) is 12.1 Å². The fourth-order valence-corrected chi connectivity index (χ4v) is 1.35. The molecule has 1 aromatic heterocycles. The maximum atomic E-state index is 8.69. The van der Waals surface area contributed by atoms with Gasteiger partial charge in [-0.25, -0.2) is 4.98 Å². The Morgan fingerprint density at radius 1 is 1.38 bits per heavy atom. The molecule has 0 fully saturated rings. The number of fused-ring (bicyclic) bond motifs is 1. The average Bonchev–Trinajstić information content (AvgIpc) is 2.58. The Morgan fingerprint density at radius 2 is 2.23 bits per heavy atom. The SMILES string of the molecule is OCCCn1[c]nc2ccccc21. The lowest BCUT2D eigenvalue weighted by molar-refractivity contribution is 0.280. The van der Waals surface area contributed by atoms with Crippen LogP contribution in [0.15, 0.2) is 24.3 Å². The maximum absolute atomic E-state index is 8.69.